The number of benzene rings is 1. The summed E-state index contributed by atoms with van der Waals surface area (Å²) < 4.78 is 25.9. The Morgan fingerprint density at radius 1 is 1.24 bits per heavy atom. The number of pyridine rings is 1. The summed E-state index contributed by atoms with van der Waals surface area (Å²) >= 11 is 0. The van der Waals surface area contributed by atoms with E-state index in [-0.39, 0.29) is 12.5 Å². The number of anilines is 1. The predicted octanol–water partition coefficient (Wildman–Crippen LogP) is 1.88. The first-order valence-electron chi connectivity index (χ1n) is 6.17. The molecule has 0 radical (unpaired) electrons. The van der Waals surface area contributed by atoms with E-state index in [1.807, 2.05) is 0 Å². The first-order valence-corrected chi connectivity index (χ1v) is 6.17. The molecular weight excluding hydrogens is 278 g/mol. The van der Waals surface area contributed by atoms with E-state index in [9.17, 15) is 13.6 Å². The Hall–Kier alpha value is -2.54. The second-order valence-electron chi connectivity index (χ2n) is 4.46. The molecule has 0 saturated carbocycles. The van der Waals surface area contributed by atoms with Crippen molar-refractivity contribution in [3.63, 3.8) is 0 Å². The number of hydrogen-bond donors (Lipinski definition) is 3. The standard InChI is InChI=1S/C14H14F2N4O/c1-8-4-10(6-13(19-8)20-17)14(21)18-7-9-2-3-11(15)12(16)5-9/h2-6H,7,17H2,1H3,(H,18,21)(H,19,20). The van der Waals surface area contributed by atoms with Crippen LogP contribution in [0.5, 0.6) is 0 Å². The molecule has 1 amide bonds. The Kier molecular flexibility index (Phi) is 4.44. The Morgan fingerprint density at radius 2 is 2.00 bits per heavy atom. The first kappa shape index (κ1) is 14.9. The molecule has 2 rings (SSSR count). The van der Waals surface area contributed by atoms with Gasteiger partial charge in [0.15, 0.2) is 11.6 Å². The number of carbonyl (C=O) groups is 1. The molecule has 0 aliphatic heterocycles. The van der Waals surface area contributed by atoms with E-state index in [0.29, 0.717) is 22.6 Å². The maximum atomic E-state index is 13.1. The lowest BCUT2D eigenvalue weighted by molar-refractivity contribution is 0.0950. The molecule has 21 heavy (non-hydrogen) atoms. The van der Waals surface area contributed by atoms with Gasteiger partial charge in [-0.2, -0.15) is 0 Å². The van der Waals surface area contributed by atoms with Crippen LogP contribution in [0.2, 0.25) is 0 Å². The van der Waals surface area contributed by atoms with Crippen LogP contribution in [0, 0.1) is 18.6 Å². The summed E-state index contributed by atoms with van der Waals surface area (Å²) in [5.41, 5.74) is 3.83. The molecule has 0 aliphatic carbocycles. The van der Waals surface area contributed by atoms with Crippen molar-refractivity contribution in [2.45, 2.75) is 13.5 Å². The summed E-state index contributed by atoms with van der Waals surface area (Å²) in [7, 11) is 0. The largest absolute Gasteiger partial charge is 0.348 e. The Bertz CT molecular complexity index is 676. The summed E-state index contributed by atoms with van der Waals surface area (Å²) in [5.74, 6) is 3.40. The highest BCUT2D eigenvalue weighted by atomic mass is 19.2. The molecule has 0 fully saturated rings. The summed E-state index contributed by atoms with van der Waals surface area (Å²) in [5, 5.41) is 2.62. The number of aryl methyl sites for hydroxylation is 1. The van der Waals surface area contributed by atoms with Crippen molar-refractivity contribution >= 4 is 11.7 Å². The molecule has 7 heteroatoms. The number of nitrogens with two attached hydrogens (primary N) is 1. The number of hydrazine groups is 1. The quantitative estimate of drug-likeness (QED) is 0.594. The van der Waals surface area contributed by atoms with Crippen LogP contribution in [0.1, 0.15) is 21.6 Å². The van der Waals surface area contributed by atoms with Gasteiger partial charge < -0.3 is 10.7 Å². The number of nitrogen functional groups attached to an aromatic ring is 1. The number of hydrogen-bond acceptors (Lipinski definition) is 4. The van der Waals surface area contributed by atoms with Crippen molar-refractivity contribution in [3.05, 3.63) is 58.8 Å². The van der Waals surface area contributed by atoms with Crippen molar-refractivity contribution in [3.8, 4) is 0 Å². The lowest BCUT2D eigenvalue weighted by Crippen LogP contribution is -2.23. The lowest BCUT2D eigenvalue weighted by Gasteiger charge is -2.08. The maximum Gasteiger partial charge on any atom is 0.251 e. The van der Waals surface area contributed by atoms with E-state index in [0.717, 1.165) is 12.1 Å². The molecule has 0 unspecified atom stereocenters. The van der Waals surface area contributed by atoms with E-state index in [1.54, 1.807) is 13.0 Å². The lowest BCUT2D eigenvalue weighted by atomic mass is 10.2. The van der Waals surface area contributed by atoms with Gasteiger partial charge in [-0.15, -0.1) is 0 Å². The van der Waals surface area contributed by atoms with Crippen molar-refractivity contribution in [2.24, 2.45) is 5.84 Å². The van der Waals surface area contributed by atoms with Crippen LogP contribution in [0.4, 0.5) is 14.6 Å². The fourth-order valence-corrected chi connectivity index (χ4v) is 1.81. The molecule has 0 saturated heterocycles. The molecule has 1 heterocycles. The van der Waals surface area contributed by atoms with E-state index >= 15 is 0 Å². The highest BCUT2D eigenvalue weighted by molar-refractivity contribution is 5.94. The van der Waals surface area contributed by atoms with Crippen molar-refractivity contribution in [2.75, 3.05) is 5.43 Å². The second kappa shape index (κ2) is 6.27. The number of halogens is 2. The van der Waals surface area contributed by atoms with Crippen LogP contribution in [0.25, 0.3) is 0 Å². The van der Waals surface area contributed by atoms with Crippen LogP contribution >= 0.6 is 0 Å². The highest BCUT2D eigenvalue weighted by Gasteiger charge is 2.09. The first-order chi connectivity index (χ1) is 9.99. The molecule has 2 aromatic rings. The monoisotopic (exact) mass is 292 g/mol. The topological polar surface area (TPSA) is 80.0 Å². The van der Waals surface area contributed by atoms with Gasteiger partial charge in [0.2, 0.25) is 0 Å². The van der Waals surface area contributed by atoms with Gasteiger partial charge in [0.25, 0.3) is 5.91 Å². The van der Waals surface area contributed by atoms with Crippen LogP contribution < -0.4 is 16.6 Å². The van der Waals surface area contributed by atoms with Crippen LogP contribution in [0.15, 0.2) is 30.3 Å². The van der Waals surface area contributed by atoms with Gasteiger partial charge in [-0.05, 0) is 36.8 Å². The average Bonchev–Trinajstić information content (AvgIpc) is 2.47. The van der Waals surface area contributed by atoms with Crippen molar-refractivity contribution in [1.82, 2.24) is 10.3 Å². The van der Waals surface area contributed by atoms with Gasteiger partial charge in [0, 0.05) is 17.8 Å². The van der Waals surface area contributed by atoms with Gasteiger partial charge in [0.1, 0.15) is 5.82 Å². The zero-order chi connectivity index (χ0) is 15.4. The molecule has 5 nitrogen and oxygen atoms in total. The third-order valence-corrected chi connectivity index (χ3v) is 2.80. The second-order valence-corrected chi connectivity index (χ2v) is 4.46. The number of aromatic nitrogens is 1. The molecule has 0 aliphatic rings. The van der Waals surface area contributed by atoms with Gasteiger partial charge in [-0.25, -0.2) is 19.6 Å². The van der Waals surface area contributed by atoms with Gasteiger partial charge >= 0.3 is 0 Å². The third kappa shape index (κ3) is 3.73. The molecule has 1 aromatic heterocycles. The van der Waals surface area contributed by atoms with E-state index in [1.165, 1.54) is 12.1 Å². The minimum atomic E-state index is -0.948. The normalized spacial score (nSPS) is 10.3. The van der Waals surface area contributed by atoms with Gasteiger partial charge in [0.05, 0.1) is 0 Å². The summed E-state index contributed by atoms with van der Waals surface area (Å²) in [6.45, 7) is 1.82. The molecular formula is C14H14F2N4O. The van der Waals surface area contributed by atoms with Crippen LogP contribution in [-0.4, -0.2) is 10.9 Å². The number of nitrogens with zero attached hydrogens (tertiary/aromatic N) is 1. The smallest absolute Gasteiger partial charge is 0.251 e. The zero-order valence-electron chi connectivity index (χ0n) is 11.3. The van der Waals surface area contributed by atoms with Gasteiger partial charge in [-0.1, -0.05) is 6.07 Å². The average molecular weight is 292 g/mol. The fourth-order valence-electron chi connectivity index (χ4n) is 1.81. The Morgan fingerprint density at radius 3 is 2.67 bits per heavy atom. The minimum absolute atomic E-state index is 0.0861. The fraction of sp³-hybridized carbons (Fsp3) is 0.143. The van der Waals surface area contributed by atoms with Crippen LogP contribution in [0.3, 0.4) is 0 Å². The van der Waals surface area contributed by atoms with Crippen LogP contribution in [-0.2, 0) is 6.54 Å². The number of carbonyl (C=O) groups excluding carboxylic acids is 1. The molecule has 0 spiro atoms. The third-order valence-electron chi connectivity index (χ3n) is 2.80. The SMILES string of the molecule is Cc1cc(C(=O)NCc2ccc(F)c(F)c2)cc(NN)n1. The van der Waals surface area contributed by atoms with Gasteiger partial charge in [-0.3, -0.25) is 4.79 Å². The number of amides is 1. The van der Waals surface area contributed by atoms with E-state index in [4.69, 9.17) is 5.84 Å². The molecule has 4 N–H and O–H groups in total. The summed E-state index contributed by atoms with van der Waals surface area (Å²) in [6, 6.07) is 6.56. The molecule has 0 bridgehead atoms. The maximum absolute atomic E-state index is 13.1. The highest BCUT2D eigenvalue weighted by Crippen LogP contribution is 2.11. The predicted molar refractivity (Wildman–Crippen MR) is 74.3 cm³/mol. The molecule has 110 valence electrons. The van der Waals surface area contributed by atoms with Crippen molar-refractivity contribution in [1.29, 1.82) is 0 Å². The Labute approximate surface area is 120 Å². The minimum Gasteiger partial charge on any atom is -0.348 e. The molecule has 0 atom stereocenters. The Balaban J connectivity index is 2.07. The molecule has 1 aromatic carbocycles. The van der Waals surface area contributed by atoms with Crippen molar-refractivity contribution < 1.29 is 13.6 Å². The zero-order valence-corrected chi connectivity index (χ0v) is 11.3. The number of rotatable bonds is 4. The van der Waals surface area contributed by atoms with E-state index in [2.05, 4.69) is 15.7 Å². The number of nitrogens with one attached hydrogen (secondary N) is 2. The summed E-state index contributed by atoms with van der Waals surface area (Å²) in [4.78, 5) is 16.1. The van der Waals surface area contributed by atoms with E-state index < -0.39 is 11.6 Å². The summed E-state index contributed by atoms with van der Waals surface area (Å²) in [6.07, 6.45) is 0.